The average molecular weight is 351 g/mol. The second-order valence-corrected chi connectivity index (χ2v) is 7.95. The lowest BCUT2D eigenvalue weighted by molar-refractivity contribution is 0.0133. The highest BCUT2D eigenvalue weighted by Crippen LogP contribution is 2.26. The number of aliphatic hydroxyl groups excluding tert-OH is 1. The summed E-state index contributed by atoms with van der Waals surface area (Å²) >= 11 is 0. The van der Waals surface area contributed by atoms with Gasteiger partial charge in [-0.2, -0.15) is 0 Å². The summed E-state index contributed by atoms with van der Waals surface area (Å²) in [4.78, 5) is 12.2. The summed E-state index contributed by atoms with van der Waals surface area (Å²) in [7, 11) is -1.64. The van der Waals surface area contributed by atoms with Gasteiger partial charge in [0.25, 0.3) is 5.91 Å². The number of ether oxygens (including phenoxy) is 1. The summed E-state index contributed by atoms with van der Waals surface area (Å²) in [5.74, 6) is 5.41. The summed E-state index contributed by atoms with van der Waals surface area (Å²) < 4.78 is 28.7. The number of methoxy groups -OCH3 is 1. The third kappa shape index (κ3) is 4.81. The molecule has 0 radical (unpaired) electrons. The first-order valence-electron chi connectivity index (χ1n) is 7.63. The zero-order chi connectivity index (χ0) is 17.6. The Morgan fingerprint density at radius 2 is 2.08 bits per heavy atom. The molecule has 130 valence electrons. The summed E-state index contributed by atoms with van der Waals surface area (Å²) in [6.07, 6.45) is 0.787. The normalized spacial score (nSPS) is 21.8. The van der Waals surface area contributed by atoms with Crippen molar-refractivity contribution in [2.24, 2.45) is 0 Å². The molecule has 2 N–H and O–H groups in total. The summed E-state index contributed by atoms with van der Waals surface area (Å²) in [6, 6.07) is 6.77. The number of carbonyl (C=O) groups is 1. The van der Waals surface area contributed by atoms with Crippen LogP contribution < -0.4 is 5.32 Å². The van der Waals surface area contributed by atoms with Gasteiger partial charge in [-0.25, -0.2) is 8.42 Å². The number of rotatable bonds is 5. The molecule has 0 aromatic heterocycles. The predicted octanol–water partition coefficient (Wildman–Crippen LogP) is 0.354. The first kappa shape index (κ1) is 18.5. The zero-order valence-corrected chi connectivity index (χ0v) is 14.4. The molecule has 0 saturated carbocycles. The Morgan fingerprint density at radius 1 is 1.38 bits per heavy atom. The van der Waals surface area contributed by atoms with E-state index < -0.39 is 15.4 Å². The predicted molar refractivity (Wildman–Crippen MR) is 90.4 cm³/mol. The Kier molecular flexibility index (Phi) is 5.99. The summed E-state index contributed by atoms with van der Waals surface area (Å²) in [6.45, 7) is 0.171. The zero-order valence-electron chi connectivity index (χ0n) is 13.5. The Hall–Kier alpha value is -1.88. The van der Waals surface area contributed by atoms with Crippen LogP contribution in [0.4, 0.5) is 0 Å². The lowest BCUT2D eigenvalue weighted by Gasteiger charge is -2.26. The number of aliphatic hydroxyl groups is 1. The molecule has 1 aromatic carbocycles. The van der Waals surface area contributed by atoms with Gasteiger partial charge in [-0.1, -0.05) is 11.8 Å². The van der Waals surface area contributed by atoms with Crippen LogP contribution in [0.5, 0.6) is 0 Å². The van der Waals surface area contributed by atoms with Crippen molar-refractivity contribution in [3.05, 3.63) is 35.4 Å². The molecule has 24 heavy (non-hydrogen) atoms. The van der Waals surface area contributed by atoms with Crippen LogP contribution in [0.15, 0.2) is 24.3 Å². The maximum absolute atomic E-state index is 12.2. The van der Waals surface area contributed by atoms with E-state index in [1.807, 2.05) is 0 Å². The number of sulfone groups is 1. The molecular formula is C17H21NO5S. The molecule has 2 rings (SSSR count). The Morgan fingerprint density at radius 3 is 2.62 bits per heavy atom. The second-order valence-electron chi connectivity index (χ2n) is 5.76. The smallest absolute Gasteiger partial charge is 0.251 e. The molecular weight excluding hydrogens is 330 g/mol. The molecule has 1 atom stereocenters. The van der Waals surface area contributed by atoms with Gasteiger partial charge >= 0.3 is 0 Å². The van der Waals surface area contributed by atoms with Crippen molar-refractivity contribution in [1.29, 1.82) is 0 Å². The molecule has 0 spiro atoms. The summed E-state index contributed by atoms with van der Waals surface area (Å²) in [5, 5.41) is 11.4. The number of hydrogen-bond donors (Lipinski definition) is 2. The number of nitrogens with one attached hydrogen (secondary N) is 1. The van der Waals surface area contributed by atoms with Crippen molar-refractivity contribution in [3.8, 4) is 11.8 Å². The van der Waals surface area contributed by atoms with Crippen LogP contribution >= 0.6 is 0 Å². The molecule has 1 heterocycles. The van der Waals surface area contributed by atoms with Gasteiger partial charge in [-0.3, -0.25) is 4.79 Å². The van der Waals surface area contributed by atoms with E-state index in [0.29, 0.717) is 18.4 Å². The molecule has 0 aliphatic carbocycles. The van der Waals surface area contributed by atoms with Crippen molar-refractivity contribution in [2.75, 3.05) is 31.8 Å². The van der Waals surface area contributed by atoms with Gasteiger partial charge in [0.05, 0.1) is 23.7 Å². The molecule has 1 fully saturated rings. The third-order valence-corrected chi connectivity index (χ3v) is 5.76. The minimum Gasteiger partial charge on any atom is -0.395 e. The molecule has 1 saturated heterocycles. The molecule has 1 aliphatic rings. The largest absolute Gasteiger partial charge is 0.395 e. The van der Waals surface area contributed by atoms with Crippen LogP contribution in [0.25, 0.3) is 0 Å². The van der Waals surface area contributed by atoms with E-state index in [1.54, 1.807) is 24.3 Å². The van der Waals surface area contributed by atoms with E-state index in [-0.39, 0.29) is 30.6 Å². The summed E-state index contributed by atoms with van der Waals surface area (Å²) in [5.41, 5.74) is 0.384. The van der Waals surface area contributed by atoms with Crippen molar-refractivity contribution < 1.29 is 23.1 Å². The number of hydrogen-bond acceptors (Lipinski definition) is 5. The van der Waals surface area contributed by atoms with Gasteiger partial charge in [-0.15, -0.1) is 0 Å². The Labute approximate surface area is 142 Å². The number of amides is 1. The fourth-order valence-corrected chi connectivity index (χ4v) is 4.52. The SMILES string of the molecule is COC1(CNC(=O)c2ccc(C#CCCO)cc2)CCS(=O)(=O)C1. The molecule has 1 aromatic rings. The van der Waals surface area contributed by atoms with Crippen molar-refractivity contribution in [1.82, 2.24) is 5.32 Å². The topological polar surface area (TPSA) is 92.7 Å². The first-order chi connectivity index (χ1) is 11.4. The fraction of sp³-hybridized carbons (Fsp3) is 0.471. The molecule has 6 nitrogen and oxygen atoms in total. The van der Waals surface area contributed by atoms with E-state index in [1.165, 1.54) is 7.11 Å². The van der Waals surface area contributed by atoms with Crippen LogP contribution in [0.2, 0.25) is 0 Å². The van der Waals surface area contributed by atoms with E-state index >= 15 is 0 Å². The Bertz CT molecular complexity index is 745. The fourth-order valence-electron chi connectivity index (χ4n) is 2.53. The van der Waals surface area contributed by atoms with Crippen molar-refractivity contribution in [3.63, 3.8) is 0 Å². The molecule has 1 unspecified atom stereocenters. The minimum absolute atomic E-state index is 0.0183. The first-order valence-corrected chi connectivity index (χ1v) is 9.45. The maximum atomic E-state index is 12.2. The van der Waals surface area contributed by atoms with Crippen LogP contribution in [-0.4, -0.2) is 56.8 Å². The van der Waals surface area contributed by atoms with E-state index in [4.69, 9.17) is 9.84 Å². The quantitative estimate of drug-likeness (QED) is 0.747. The Balaban J connectivity index is 1.96. The molecule has 1 aliphatic heterocycles. The highest BCUT2D eigenvalue weighted by atomic mass is 32.2. The lowest BCUT2D eigenvalue weighted by atomic mass is 10.0. The molecule has 1 amide bonds. The van der Waals surface area contributed by atoms with Crippen LogP contribution in [0, 0.1) is 11.8 Å². The number of carbonyl (C=O) groups excluding carboxylic acids is 1. The second kappa shape index (κ2) is 7.79. The number of benzene rings is 1. The minimum atomic E-state index is -3.10. The highest BCUT2D eigenvalue weighted by molar-refractivity contribution is 7.91. The monoisotopic (exact) mass is 351 g/mol. The maximum Gasteiger partial charge on any atom is 0.251 e. The van der Waals surface area contributed by atoms with Crippen LogP contribution in [-0.2, 0) is 14.6 Å². The standard InChI is InChI=1S/C17H21NO5S/c1-23-17(9-11-24(21,22)13-17)12-18-16(20)15-7-5-14(6-8-15)4-2-3-10-19/h5-8,19H,3,9-13H2,1H3,(H,18,20). The van der Waals surface area contributed by atoms with Gasteiger partial charge < -0.3 is 15.2 Å². The van der Waals surface area contributed by atoms with E-state index in [2.05, 4.69) is 17.2 Å². The molecule has 0 bridgehead atoms. The lowest BCUT2D eigenvalue weighted by Crippen LogP contribution is -2.45. The van der Waals surface area contributed by atoms with Crippen LogP contribution in [0.1, 0.15) is 28.8 Å². The van der Waals surface area contributed by atoms with Gasteiger partial charge in [0.15, 0.2) is 9.84 Å². The van der Waals surface area contributed by atoms with Crippen molar-refractivity contribution >= 4 is 15.7 Å². The van der Waals surface area contributed by atoms with Gasteiger partial charge in [0.1, 0.15) is 0 Å². The van der Waals surface area contributed by atoms with E-state index in [9.17, 15) is 13.2 Å². The van der Waals surface area contributed by atoms with Crippen LogP contribution in [0.3, 0.4) is 0 Å². The van der Waals surface area contributed by atoms with Gasteiger partial charge in [-0.05, 0) is 30.7 Å². The average Bonchev–Trinajstić information content (AvgIpc) is 2.89. The van der Waals surface area contributed by atoms with E-state index in [0.717, 1.165) is 5.56 Å². The van der Waals surface area contributed by atoms with Gasteiger partial charge in [0, 0.05) is 31.2 Å². The highest BCUT2D eigenvalue weighted by Gasteiger charge is 2.42. The van der Waals surface area contributed by atoms with Gasteiger partial charge in [0.2, 0.25) is 0 Å². The third-order valence-electron chi connectivity index (χ3n) is 3.97. The van der Waals surface area contributed by atoms with Crippen molar-refractivity contribution in [2.45, 2.75) is 18.4 Å². The molecule has 7 heteroatoms.